The van der Waals surface area contributed by atoms with Gasteiger partial charge >= 0.3 is 0 Å². The number of rotatable bonds is 1. The molecule has 0 aliphatic carbocycles. The van der Waals surface area contributed by atoms with Crippen molar-refractivity contribution in [3.05, 3.63) is 16.6 Å². The van der Waals surface area contributed by atoms with Crippen LogP contribution in [0.1, 0.15) is 11.9 Å². The summed E-state index contributed by atoms with van der Waals surface area (Å²) in [6, 6.07) is 0. The molecule has 1 aliphatic rings. The highest BCUT2D eigenvalue weighted by molar-refractivity contribution is 7.09. The van der Waals surface area contributed by atoms with Crippen LogP contribution in [0, 0.1) is 0 Å². The molecule has 0 aromatic carbocycles. The Morgan fingerprint density at radius 1 is 1.75 bits per heavy atom. The second-order valence-corrected chi connectivity index (χ2v) is 3.89. The Balaban J connectivity index is 2.26. The van der Waals surface area contributed by atoms with Crippen LogP contribution < -0.4 is 11.1 Å². The van der Waals surface area contributed by atoms with Crippen LogP contribution in [0.15, 0.2) is 16.6 Å². The first-order chi connectivity index (χ1) is 5.71. The van der Waals surface area contributed by atoms with Crippen molar-refractivity contribution in [3.8, 4) is 0 Å². The van der Waals surface area contributed by atoms with E-state index in [-0.39, 0.29) is 5.54 Å². The third-order valence-corrected chi connectivity index (χ3v) is 2.91. The minimum absolute atomic E-state index is 0.182. The van der Waals surface area contributed by atoms with Gasteiger partial charge in [-0.15, -0.1) is 11.3 Å². The van der Waals surface area contributed by atoms with Crippen LogP contribution in [0.4, 0.5) is 0 Å². The molecule has 1 unspecified atom stereocenters. The van der Waals surface area contributed by atoms with Crippen molar-refractivity contribution in [2.75, 3.05) is 6.54 Å². The molecule has 0 fully saturated rings. The fourth-order valence-corrected chi connectivity index (χ4v) is 1.97. The molecular formula is C7H10N4S. The first kappa shape index (κ1) is 7.54. The average molecular weight is 182 g/mol. The molecular weight excluding hydrogens is 172 g/mol. The summed E-state index contributed by atoms with van der Waals surface area (Å²) in [5.74, 6) is 0.507. The van der Waals surface area contributed by atoms with Crippen molar-refractivity contribution < 1.29 is 0 Å². The summed E-state index contributed by atoms with van der Waals surface area (Å²) in [5.41, 5.74) is 5.35. The van der Waals surface area contributed by atoms with Crippen LogP contribution in [0.25, 0.3) is 0 Å². The number of nitrogens with one attached hydrogen (secondary N) is 1. The molecule has 1 aliphatic heterocycles. The van der Waals surface area contributed by atoms with Crippen LogP contribution in [-0.2, 0) is 5.54 Å². The molecule has 0 bridgehead atoms. The minimum atomic E-state index is -0.182. The molecule has 5 heteroatoms. The number of guanidine groups is 1. The van der Waals surface area contributed by atoms with Gasteiger partial charge < -0.3 is 11.1 Å². The molecule has 4 nitrogen and oxygen atoms in total. The van der Waals surface area contributed by atoms with Crippen molar-refractivity contribution in [1.82, 2.24) is 10.3 Å². The van der Waals surface area contributed by atoms with Crippen LogP contribution in [0.3, 0.4) is 0 Å². The highest BCUT2D eigenvalue weighted by Gasteiger charge is 2.33. The molecule has 1 aromatic rings. The van der Waals surface area contributed by atoms with E-state index < -0.39 is 0 Å². The number of nitrogens with zero attached hydrogens (tertiary/aromatic N) is 2. The normalized spacial score (nSPS) is 28.2. The maximum atomic E-state index is 5.53. The summed E-state index contributed by atoms with van der Waals surface area (Å²) in [6.45, 7) is 2.72. The SMILES string of the molecule is CC1(c2nccs2)CN=C(N)N1. The van der Waals surface area contributed by atoms with Gasteiger partial charge in [0.1, 0.15) is 10.5 Å². The lowest BCUT2D eigenvalue weighted by Crippen LogP contribution is -2.42. The van der Waals surface area contributed by atoms with Crippen molar-refractivity contribution in [2.24, 2.45) is 10.7 Å². The predicted molar refractivity (Wildman–Crippen MR) is 49.1 cm³/mol. The number of thiazole rings is 1. The Hall–Kier alpha value is -1.10. The highest BCUT2D eigenvalue weighted by atomic mass is 32.1. The fourth-order valence-electron chi connectivity index (χ4n) is 1.22. The van der Waals surface area contributed by atoms with Crippen molar-refractivity contribution in [3.63, 3.8) is 0 Å². The number of hydrogen-bond donors (Lipinski definition) is 2. The standard InChI is InChI=1S/C7H10N4S/c1-7(4-10-6(8)11-7)5-9-2-3-12-5/h2-3H,4H2,1H3,(H3,8,10,11). The fraction of sp³-hybridized carbons (Fsp3) is 0.429. The van der Waals surface area contributed by atoms with Gasteiger partial charge in [-0.1, -0.05) is 0 Å². The number of nitrogens with two attached hydrogens (primary N) is 1. The first-order valence-electron chi connectivity index (χ1n) is 3.69. The third-order valence-electron chi connectivity index (χ3n) is 1.87. The lowest BCUT2D eigenvalue weighted by atomic mass is 10.1. The molecule has 2 rings (SSSR count). The molecule has 0 saturated heterocycles. The van der Waals surface area contributed by atoms with Gasteiger partial charge in [0.2, 0.25) is 0 Å². The summed E-state index contributed by atoms with van der Waals surface area (Å²) in [7, 11) is 0. The molecule has 12 heavy (non-hydrogen) atoms. The van der Waals surface area contributed by atoms with E-state index in [0.717, 1.165) is 5.01 Å². The molecule has 1 atom stereocenters. The number of hydrogen-bond acceptors (Lipinski definition) is 5. The molecule has 0 spiro atoms. The molecule has 0 radical (unpaired) electrons. The summed E-state index contributed by atoms with van der Waals surface area (Å²) in [6.07, 6.45) is 1.79. The van der Waals surface area contributed by atoms with Gasteiger partial charge in [0.05, 0.1) is 6.54 Å². The topological polar surface area (TPSA) is 63.3 Å². The van der Waals surface area contributed by atoms with Gasteiger partial charge in [0, 0.05) is 11.6 Å². The summed E-state index contributed by atoms with van der Waals surface area (Å²) in [5, 5.41) is 6.10. The van der Waals surface area contributed by atoms with E-state index in [0.29, 0.717) is 12.5 Å². The van der Waals surface area contributed by atoms with E-state index in [1.165, 1.54) is 0 Å². The second-order valence-electron chi connectivity index (χ2n) is 3.00. The molecule has 2 heterocycles. The summed E-state index contributed by atoms with van der Waals surface area (Å²) in [4.78, 5) is 8.33. The minimum Gasteiger partial charge on any atom is -0.370 e. The Labute approximate surface area is 74.5 Å². The number of aliphatic imine (C=N–C) groups is 1. The van der Waals surface area contributed by atoms with E-state index in [9.17, 15) is 0 Å². The van der Waals surface area contributed by atoms with Gasteiger partial charge in [0.25, 0.3) is 0 Å². The molecule has 0 saturated carbocycles. The Kier molecular flexibility index (Phi) is 1.54. The largest absolute Gasteiger partial charge is 0.370 e. The van der Waals surface area contributed by atoms with E-state index in [1.54, 1.807) is 17.5 Å². The molecule has 3 N–H and O–H groups in total. The Bertz CT molecular complexity index is 305. The lowest BCUT2D eigenvalue weighted by molar-refractivity contribution is 0.477. The van der Waals surface area contributed by atoms with E-state index >= 15 is 0 Å². The molecule has 0 amide bonds. The predicted octanol–water partition coefficient (Wildman–Crippen LogP) is 0.276. The zero-order valence-corrected chi connectivity index (χ0v) is 7.56. The quantitative estimate of drug-likeness (QED) is 0.655. The monoisotopic (exact) mass is 182 g/mol. The molecule has 1 aromatic heterocycles. The zero-order valence-electron chi connectivity index (χ0n) is 6.74. The average Bonchev–Trinajstić information content (AvgIpc) is 2.59. The first-order valence-corrected chi connectivity index (χ1v) is 4.57. The van der Waals surface area contributed by atoms with Gasteiger partial charge in [0.15, 0.2) is 5.96 Å². The van der Waals surface area contributed by atoms with Crippen LogP contribution in [-0.4, -0.2) is 17.5 Å². The Morgan fingerprint density at radius 2 is 2.58 bits per heavy atom. The zero-order chi connectivity index (χ0) is 8.60. The van der Waals surface area contributed by atoms with Crippen LogP contribution in [0.5, 0.6) is 0 Å². The van der Waals surface area contributed by atoms with Crippen molar-refractivity contribution >= 4 is 17.3 Å². The molecule has 64 valence electrons. The van der Waals surface area contributed by atoms with E-state index in [4.69, 9.17) is 5.73 Å². The third kappa shape index (κ3) is 1.06. The highest BCUT2D eigenvalue weighted by Crippen LogP contribution is 2.25. The second kappa shape index (κ2) is 2.45. The van der Waals surface area contributed by atoms with E-state index in [2.05, 4.69) is 22.2 Å². The summed E-state index contributed by atoms with van der Waals surface area (Å²) < 4.78 is 0. The smallest absolute Gasteiger partial charge is 0.189 e. The van der Waals surface area contributed by atoms with Gasteiger partial charge in [-0.05, 0) is 6.92 Å². The summed E-state index contributed by atoms with van der Waals surface area (Å²) >= 11 is 1.62. The van der Waals surface area contributed by atoms with Gasteiger partial charge in [-0.25, -0.2) is 4.98 Å². The maximum Gasteiger partial charge on any atom is 0.189 e. The van der Waals surface area contributed by atoms with E-state index in [1.807, 2.05) is 5.38 Å². The van der Waals surface area contributed by atoms with Gasteiger partial charge in [-0.2, -0.15) is 0 Å². The van der Waals surface area contributed by atoms with Crippen LogP contribution in [0.2, 0.25) is 0 Å². The lowest BCUT2D eigenvalue weighted by Gasteiger charge is -2.20. The van der Waals surface area contributed by atoms with Gasteiger partial charge in [-0.3, -0.25) is 4.99 Å². The number of aromatic nitrogens is 1. The maximum absolute atomic E-state index is 5.53. The van der Waals surface area contributed by atoms with Crippen LogP contribution >= 0.6 is 11.3 Å². The van der Waals surface area contributed by atoms with Crippen molar-refractivity contribution in [1.29, 1.82) is 0 Å². The van der Waals surface area contributed by atoms with Crippen molar-refractivity contribution in [2.45, 2.75) is 12.5 Å². The Morgan fingerprint density at radius 3 is 3.08 bits per heavy atom.